The molecule has 16 heavy (non-hydrogen) atoms. The van der Waals surface area contributed by atoms with E-state index in [1.54, 1.807) is 22.7 Å². The predicted molar refractivity (Wildman–Crippen MR) is 76.9 cm³/mol. The van der Waals surface area contributed by atoms with Crippen molar-refractivity contribution in [3.63, 3.8) is 0 Å². The fourth-order valence-electron chi connectivity index (χ4n) is 1.51. The summed E-state index contributed by atoms with van der Waals surface area (Å²) in [4.78, 5) is 2.58. The Labute approximate surface area is 117 Å². The highest BCUT2D eigenvalue weighted by molar-refractivity contribution is 9.10. The zero-order chi connectivity index (χ0) is 11.5. The maximum Gasteiger partial charge on any atom is 0.0931 e. The topological polar surface area (TPSA) is 12.0 Å². The summed E-state index contributed by atoms with van der Waals surface area (Å²) in [7, 11) is 0. The van der Waals surface area contributed by atoms with Gasteiger partial charge in [-0.25, -0.2) is 0 Å². The van der Waals surface area contributed by atoms with Crippen LogP contribution in [0.25, 0.3) is 0 Å². The van der Waals surface area contributed by atoms with Gasteiger partial charge in [0.25, 0.3) is 0 Å². The van der Waals surface area contributed by atoms with Crippen LogP contribution in [0.1, 0.15) is 22.7 Å². The van der Waals surface area contributed by atoms with Crippen molar-refractivity contribution in [2.24, 2.45) is 0 Å². The van der Waals surface area contributed by atoms with E-state index in [0.717, 1.165) is 15.4 Å². The van der Waals surface area contributed by atoms with Gasteiger partial charge in [0.2, 0.25) is 0 Å². The van der Waals surface area contributed by atoms with Crippen molar-refractivity contribution < 1.29 is 0 Å². The van der Waals surface area contributed by atoms with E-state index in [1.807, 2.05) is 6.07 Å². The third kappa shape index (κ3) is 2.87. The molecule has 0 aliphatic carbocycles. The monoisotopic (exact) mass is 335 g/mol. The second-order valence-corrected chi connectivity index (χ2v) is 6.91. The minimum Gasteiger partial charge on any atom is -0.305 e. The van der Waals surface area contributed by atoms with Gasteiger partial charge in [-0.05, 0) is 40.7 Å². The molecule has 0 fully saturated rings. The Kier molecular flexibility index (Phi) is 4.44. The predicted octanol–water partition coefficient (Wildman–Crippen LogP) is 4.92. The highest BCUT2D eigenvalue weighted by Gasteiger charge is 2.16. The summed E-state index contributed by atoms with van der Waals surface area (Å²) in [5, 5.41) is 5.59. The fourth-order valence-corrected chi connectivity index (χ4v) is 4.28. The van der Waals surface area contributed by atoms with Crippen LogP contribution in [-0.4, -0.2) is 6.54 Å². The van der Waals surface area contributed by atoms with E-state index in [-0.39, 0.29) is 6.04 Å². The van der Waals surface area contributed by atoms with E-state index in [9.17, 15) is 0 Å². The molecule has 0 aliphatic heterocycles. The lowest BCUT2D eigenvalue weighted by Crippen LogP contribution is -2.19. The van der Waals surface area contributed by atoms with Crippen molar-refractivity contribution in [2.75, 3.05) is 6.54 Å². The Hall–Kier alpha value is 0.130. The van der Waals surface area contributed by atoms with Gasteiger partial charge in [0.05, 0.1) is 10.4 Å². The number of thiophene rings is 2. The Morgan fingerprint density at radius 3 is 2.75 bits per heavy atom. The highest BCUT2D eigenvalue weighted by atomic mass is 79.9. The molecule has 1 unspecified atom stereocenters. The van der Waals surface area contributed by atoms with Gasteiger partial charge in [0.15, 0.2) is 0 Å². The maximum absolute atomic E-state index is 5.98. The molecule has 0 radical (unpaired) electrons. The zero-order valence-electron chi connectivity index (χ0n) is 8.67. The second kappa shape index (κ2) is 5.65. The van der Waals surface area contributed by atoms with E-state index in [0.29, 0.717) is 0 Å². The molecule has 0 saturated heterocycles. The first-order chi connectivity index (χ1) is 7.70. The van der Waals surface area contributed by atoms with Crippen LogP contribution in [-0.2, 0) is 0 Å². The van der Waals surface area contributed by atoms with Gasteiger partial charge in [-0.3, -0.25) is 0 Å². The van der Waals surface area contributed by atoms with Crippen LogP contribution in [0.5, 0.6) is 0 Å². The molecule has 2 heterocycles. The van der Waals surface area contributed by atoms with Crippen LogP contribution in [0.4, 0.5) is 0 Å². The molecular formula is C11H11BrClNS2. The number of hydrogen-bond acceptors (Lipinski definition) is 3. The Morgan fingerprint density at radius 1 is 1.44 bits per heavy atom. The maximum atomic E-state index is 5.98. The normalized spacial score (nSPS) is 12.9. The molecule has 0 bridgehead atoms. The number of nitrogens with one attached hydrogen (secondary N) is 1. The molecule has 2 rings (SSSR count). The molecule has 2 aromatic heterocycles. The molecule has 1 nitrogen and oxygen atoms in total. The van der Waals surface area contributed by atoms with Crippen LogP contribution in [0.3, 0.4) is 0 Å². The number of hydrogen-bond donors (Lipinski definition) is 1. The minimum atomic E-state index is 0.263. The molecule has 5 heteroatoms. The first-order valence-corrected chi connectivity index (χ1v) is 7.80. The summed E-state index contributed by atoms with van der Waals surface area (Å²) < 4.78 is 1.98. The van der Waals surface area contributed by atoms with E-state index < -0.39 is 0 Å². The fraction of sp³-hybridized carbons (Fsp3) is 0.273. The van der Waals surface area contributed by atoms with Gasteiger partial charge >= 0.3 is 0 Å². The van der Waals surface area contributed by atoms with E-state index in [1.165, 1.54) is 9.75 Å². The van der Waals surface area contributed by atoms with Crippen molar-refractivity contribution in [3.05, 3.63) is 42.1 Å². The van der Waals surface area contributed by atoms with Crippen molar-refractivity contribution in [1.29, 1.82) is 0 Å². The average Bonchev–Trinajstić information content (AvgIpc) is 2.84. The number of halogens is 2. The smallest absolute Gasteiger partial charge is 0.0931 e. The molecule has 0 spiro atoms. The third-order valence-electron chi connectivity index (χ3n) is 2.16. The SMILES string of the molecule is CCNC(c1cc(Br)cs1)c1ccc(Cl)s1. The summed E-state index contributed by atoms with van der Waals surface area (Å²) in [6.07, 6.45) is 0. The number of rotatable bonds is 4. The molecule has 86 valence electrons. The van der Waals surface area contributed by atoms with Crippen molar-refractivity contribution >= 4 is 50.2 Å². The first-order valence-electron chi connectivity index (χ1n) is 4.93. The van der Waals surface area contributed by atoms with Crippen molar-refractivity contribution in [1.82, 2.24) is 5.32 Å². The van der Waals surface area contributed by atoms with Gasteiger partial charge in [-0.1, -0.05) is 18.5 Å². The van der Waals surface area contributed by atoms with Gasteiger partial charge < -0.3 is 5.32 Å². The summed E-state index contributed by atoms with van der Waals surface area (Å²) in [5.41, 5.74) is 0. The van der Waals surface area contributed by atoms with Crippen molar-refractivity contribution in [2.45, 2.75) is 13.0 Å². The summed E-state index contributed by atoms with van der Waals surface area (Å²) in [5.74, 6) is 0. The molecular weight excluding hydrogens is 326 g/mol. The zero-order valence-corrected chi connectivity index (χ0v) is 12.6. The largest absolute Gasteiger partial charge is 0.305 e. The molecule has 0 aromatic carbocycles. The molecule has 0 aliphatic rings. The van der Waals surface area contributed by atoms with Gasteiger partial charge in [-0.15, -0.1) is 22.7 Å². The lowest BCUT2D eigenvalue weighted by molar-refractivity contribution is 0.648. The Morgan fingerprint density at radius 2 is 2.25 bits per heavy atom. The third-order valence-corrected chi connectivity index (χ3v) is 5.21. The van der Waals surface area contributed by atoms with E-state index >= 15 is 0 Å². The van der Waals surface area contributed by atoms with E-state index in [2.05, 4.69) is 45.7 Å². The average molecular weight is 337 g/mol. The van der Waals surface area contributed by atoms with Gasteiger partial charge in [-0.2, -0.15) is 0 Å². The summed E-state index contributed by atoms with van der Waals surface area (Å²) in [6.45, 7) is 3.06. The van der Waals surface area contributed by atoms with E-state index in [4.69, 9.17) is 11.6 Å². The van der Waals surface area contributed by atoms with Crippen LogP contribution < -0.4 is 5.32 Å². The lowest BCUT2D eigenvalue weighted by Gasteiger charge is -2.14. The quantitative estimate of drug-likeness (QED) is 0.835. The van der Waals surface area contributed by atoms with Crippen LogP contribution in [0.2, 0.25) is 4.34 Å². The molecule has 1 atom stereocenters. The molecule has 0 saturated carbocycles. The molecule has 0 amide bonds. The summed E-state index contributed by atoms with van der Waals surface area (Å²) in [6, 6.07) is 6.47. The van der Waals surface area contributed by atoms with Crippen LogP contribution in [0.15, 0.2) is 28.1 Å². The van der Waals surface area contributed by atoms with Gasteiger partial charge in [0.1, 0.15) is 0 Å². The van der Waals surface area contributed by atoms with Crippen LogP contribution in [0, 0.1) is 0 Å². The first kappa shape index (κ1) is 12.6. The molecule has 2 aromatic rings. The van der Waals surface area contributed by atoms with Crippen molar-refractivity contribution in [3.8, 4) is 0 Å². The lowest BCUT2D eigenvalue weighted by atomic mass is 10.2. The minimum absolute atomic E-state index is 0.263. The molecule has 1 N–H and O–H groups in total. The second-order valence-electron chi connectivity index (χ2n) is 3.30. The summed E-state index contributed by atoms with van der Waals surface area (Å²) >= 11 is 12.9. The standard InChI is InChI=1S/C11H11BrClNS2/c1-2-14-11(8-3-4-10(13)16-8)9-5-7(12)6-15-9/h3-6,11,14H,2H2,1H3. The van der Waals surface area contributed by atoms with Crippen LogP contribution >= 0.6 is 50.2 Å². The Bertz CT molecular complexity index is 426. The van der Waals surface area contributed by atoms with Gasteiger partial charge in [0, 0.05) is 19.6 Å². The Balaban J connectivity index is 2.30. The highest BCUT2D eigenvalue weighted by Crippen LogP contribution is 2.34.